The Bertz CT molecular complexity index is 272. The molecule has 78 valence electrons. The Balaban J connectivity index is 4.68. The summed E-state index contributed by atoms with van der Waals surface area (Å²) in [5, 5.41) is 11.9. The summed E-state index contributed by atoms with van der Waals surface area (Å²) in [5.41, 5.74) is 8.05. The summed E-state index contributed by atoms with van der Waals surface area (Å²) in [4.78, 5) is 25.3. The van der Waals surface area contributed by atoms with Crippen molar-refractivity contribution in [1.29, 1.82) is 0 Å². The van der Waals surface area contributed by atoms with Crippen LogP contribution in [0.15, 0.2) is 5.11 Å². The summed E-state index contributed by atoms with van der Waals surface area (Å²) < 4.78 is 0. The van der Waals surface area contributed by atoms with E-state index in [4.69, 9.17) is 10.6 Å². The minimum Gasteiger partial charge on any atom is -0.480 e. The standard InChI is InChI=1S/C7H12N4O3/c1-3-11(5(2)12)6(7(13)14)4-9-10-8/h6H,3-4H2,1-2H3,(H,13,14). The highest BCUT2D eigenvalue weighted by Gasteiger charge is 2.25. The maximum absolute atomic E-state index is 11.0. The van der Waals surface area contributed by atoms with Crippen molar-refractivity contribution in [1.82, 2.24) is 4.90 Å². The van der Waals surface area contributed by atoms with Crippen molar-refractivity contribution >= 4 is 11.9 Å². The molecule has 0 aliphatic carbocycles. The van der Waals surface area contributed by atoms with E-state index >= 15 is 0 Å². The molecule has 1 unspecified atom stereocenters. The minimum absolute atomic E-state index is 0.251. The lowest BCUT2D eigenvalue weighted by atomic mass is 10.2. The van der Waals surface area contributed by atoms with Crippen molar-refractivity contribution in [2.24, 2.45) is 5.11 Å². The van der Waals surface area contributed by atoms with Crippen LogP contribution in [0.5, 0.6) is 0 Å². The quantitative estimate of drug-likeness (QED) is 0.399. The largest absolute Gasteiger partial charge is 0.480 e. The Kier molecular flexibility index (Phi) is 5.09. The predicted octanol–water partition coefficient (Wildman–Crippen LogP) is 0.618. The van der Waals surface area contributed by atoms with Crippen LogP contribution in [0.25, 0.3) is 10.4 Å². The van der Waals surface area contributed by atoms with E-state index in [1.807, 2.05) is 0 Å². The zero-order valence-corrected chi connectivity index (χ0v) is 8.04. The number of hydrogen-bond acceptors (Lipinski definition) is 3. The van der Waals surface area contributed by atoms with E-state index in [0.717, 1.165) is 4.90 Å². The third-order valence-electron chi connectivity index (χ3n) is 1.72. The Labute approximate surface area is 80.9 Å². The number of amides is 1. The van der Waals surface area contributed by atoms with Gasteiger partial charge in [-0.25, -0.2) is 4.79 Å². The van der Waals surface area contributed by atoms with Crippen LogP contribution in [0.3, 0.4) is 0 Å². The van der Waals surface area contributed by atoms with Gasteiger partial charge in [0.2, 0.25) is 5.91 Å². The second-order valence-corrected chi connectivity index (χ2v) is 2.57. The average Bonchev–Trinajstić information content (AvgIpc) is 2.10. The molecule has 0 fully saturated rings. The lowest BCUT2D eigenvalue weighted by molar-refractivity contribution is -0.148. The molecular weight excluding hydrogens is 188 g/mol. The molecule has 7 heteroatoms. The second kappa shape index (κ2) is 5.82. The van der Waals surface area contributed by atoms with Crippen molar-refractivity contribution in [2.75, 3.05) is 13.1 Å². The van der Waals surface area contributed by atoms with Gasteiger partial charge in [0.05, 0.1) is 6.54 Å². The number of nitrogens with zero attached hydrogens (tertiary/aromatic N) is 4. The van der Waals surface area contributed by atoms with E-state index in [9.17, 15) is 9.59 Å². The highest BCUT2D eigenvalue weighted by Crippen LogP contribution is 2.01. The fourth-order valence-electron chi connectivity index (χ4n) is 1.09. The smallest absolute Gasteiger partial charge is 0.326 e. The van der Waals surface area contributed by atoms with Gasteiger partial charge in [0, 0.05) is 18.4 Å². The van der Waals surface area contributed by atoms with Gasteiger partial charge in [-0.2, -0.15) is 0 Å². The highest BCUT2D eigenvalue weighted by molar-refractivity contribution is 5.82. The SMILES string of the molecule is CCN(C(C)=O)C(CN=[N+]=[N-])C(=O)O. The molecule has 0 rings (SSSR count). The summed E-state index contributed by atoms with van der Waals surface area (Å²) in [7, 11) is 0. The summed E-state index contributed by atoms with van der Waals surface area (Å²) in [6.07, 6.45) is 0. The molecular formula is C7H12N4O3. The average molecular weight is 200 g/mol. The van der Waals surface area contributed by atoms with Gasteiger partial charge in [-0.1, -0.05) is 5.11 Å². The van der Waals surface area contributed by atoms with E-state index in [0.29, 0.717) is 0 Å². The number of carbonyl (C=O) groups excluding carboxylic acids is 1. The number of likely N-dealkylation sites (N-methyl/N-ethyl adjacent to an activating group) is 1. The van der Waals surface area contributed by atoms with Crippen LogP contribution in [0.1, 0.15) is 13.8 Å². The van der Waals surface area contributed by atoms with E-state index in [2.05, 4.69) is 10.0 Å². The maximum atomic E-state index is 11.0. The lowest BCUT2D eigenvalue weighted by Crippen LogP contribution is -2.45. The van der Waals surface area contributed by atoms with Crippen molar-refractivity contribution in [3.8, 4) is 0 Å². The van der Waals surface area contributed by atoms with E-state index in [-0.39, 0.29) is 19.0 Å². The van der Waals surface area contributed by atoms with Crippen LogP contribution in [0, 0.1) is 0 Å². The van der Waals surface area contributed by atoms with Gasteiger partial charge < -0.3 is 10.0 Å². The summed E-state index contributed by atoms with van der Waals surface area (Å²) in [6, 6.07) is -1.08. The van der Waals surface area contributed by atoms with Gasteiger partial charge >= 0.3 is 5.97 Å². The lowest BCUT2D eigenvalue weighted by Gasteiger charge is -2.25. The summed E-state index contributed by atoms with van der Waals surface area (Å²) in [5.74, 6) is -1.53. The molecule has 1 N–H and O–H groups in total. The fraction of sp³-hybridized carbons (Fsp3) is 0.714. The van der Waals surface area contributed by atoms with Crippen molar-refractivity contribution in [3.05, 3.63) is 10.4 Å². The molecule has 1 amide bonds. The number of carbonyl (C=O) groups is 2. The first-order valence-electron chi connectivity index (χ1n) is 4.05. The normalized spacial score (nSPS) is 11.3. The number of hydrogen-bond donors (Lipinski definition) is 1. The van der Waals surface area contributed by atoms with Gasteiger partial charge in [-0.05, 0) is 12.5 Å². The van der Waals surface area contributed by atoms with E-state index < -0.39 is 12.0 Å². The molecule has 0 saturated heterocycles. The third kappa shape index (κ3) is 3.32. The third-order valence-corrected chi connectivity index (χ3v) is 1.72. The molecule has 0 aromatic carbocycles. The highest BCUT2D eigenvalue weighted by atomic mass is 16.4. The molecule has 0 radical (unpaired) electrons. The van der Waals surface area contributed by atoms with Gasteiger partial charge in [0.15, 0.2) is 0 Å². The summed E-state index contributed by atoms with van der Waals surface area (Å²) >= 11 is 0. The predicted molar refractivity (Wildman–Crippen MR) is 48.5 cm³/mol. The Morgan fingerprint density at radius 2 is 2.21 bits per heavy atom. The monoisotopic (exact) mass is 200 g/mol. The van der Waals surface area contributed by atoms with Gasteiger partial charge in [0.1, 0.15) is 6.04 Å². The number of aliphatic carboxylic acids is 1. The summed E-state index contributed by atoms with van der Waals surface area (Å²) in [6.45, 7) is 2.95. The Morgan fingerprint density at radius 1 is 1.64 bits per heavy atom. The molecule has 0 aliphatic heterocycles. The van der Waals surface area contributed by atoms with Crippen LogP contribution < -0.4 is 0 Å². The maximum Gasteiger partial charge on any atom is 0.326 e. The Morgan fingerprint density at radius 3 is 2.50 bits per heavy atom. The van der Waals surface area contributed by atoms with Crippen LogP contribution in [0.4, 0.5) is 0 Å². The van der Waals surface area contributed by atoms with Crippen LogP contribution in [-0.4, -0.2) is 41.0 Å². The van der Waals surface area contributed by atoms with E-state index in [1.54, 1.807) is 6.92 Å². The molecule has 0 aromatic heterocycles. The molecule has 0 aromatic rings. The molecule has 0 saturated carbocycles. The molecule has 0 aliphatic rings. The molecule has 0 bridgehead atoms. The van der Waals surface area contributed by atoms with Crippen LogP contribution in [-0.2, 0) is 9.59 Å². The van der Waals surface area contributed by atoms with Crippen LogP contribution in [0.2, 0.25) is 0 Å². The number of carboxylic acid groups (broad SMARTS) is 1. The number of azide groups is 1. The number of rotatable bonds is 5. The van der Waals surface area contributed by atoms with E-state index in [1.165, 1.54) is 6.92 Å². The molecule has 0 spiro atoms. The molecule has 0 heterocycles. The first-order valence-corrected chi connectivity index (χ1v) is 4.05. The fourth-order valence-corrected chi connectivity index (χ4v) is 1.09. The molecule has 7 nitrogen and oxygen atoms in total. The van der Waals surface area contributed by atoms with Crippen molar-refractivity contribution in [2.45, 2.75) is 19.9 Å². The van der Waals surface area contributed by atoms with Gasteiger partial charge in [-0.15, -0.1) is 0 Å². The van der Waals surface area contributed by atoms with Gasteiger partial charge in [0.25, 0.3) is 0 Å². The number of carboxylic acids is 1. The van der Waals surface area contributed by atoms with Crippen molar-refractivity contribution in [3.63, 3.8) is 0 Å². The minimum atomic E-state index is -1.17. The van der Waals surface area contributed by atoms with Crippen molar-refractivity contribution < 1.29 is 14.7 Å². The zero-order chi connectivity index (χ0) is 11.1. The first kappa shape index (κ1) is 12.2. The zero-order valence-electron chi connectivity index (χ0n) is 8.04. The second-order valence-electron chi connectivity index (χ2n) is 2.57. The van der Waals surface area contributed by atoms with Gasteiger partial charge in [-0.3, -0.25) is 4.79 Å². The Hall–Kier alpha value is -1.75. The van der Waals surface area contributed by atoms with Crippen LogP contribution >= 0.6 is 0 Å². The topological polar surface area (TPSA) is 106 Å². The molecule has 1 atom stereocenters. The first-order chi connectivity index (χ1) is 6.54. The molecule has 14 heavy (non-hydrogen) atoms.